The van der Waals surface area contributed by atoms with Crippen LogP contribution in [0.5, 0.6) is 5.75 Å². The number of hydrogen-bond donors (Lipinski definition) is 1. The molecular weight excluding hydrogens is 225 g/mol. The first-order chi connectivity index (χ1) is 7.95. The van der Waals surface area contributed by atoms with E-state index in [-0.39, 0.29) is 18.3 Å². The van der Waals surface area contributed by atoms with Gasteiger partial charge in [0.2, 0.25) is 0 Å². The summed E-state index contributed by atoms with van der Waals surface area (Å²) in [5.74, 6) is -0.749. The highest BCUT2D eigenvalue weighted by atomic mass is 19.1. The summed E-state index contributed by atoms with van der Waals surface area (Å²) in [6.07, 6.45) is -0.0177. The van der Waals surface area contributed by atoms with E-state index in [0.717, 1.165) is 0 Å². The Labute approximate surface area is 99.6 Å². The van der Waals surface area contributed by atoms with Gasteiger partial charge < -0.3 is 14.7 Å². The van der Waals surface area contributed by atoms with Crippen molar-refractivity contribution in [2.75, 3.05) is 19.1 Å². The quantitative estimate of drug-likeness (QED) is 0.858. The Morgan fingerprint density at radius 1 is 1.59 bits per heavy atom. The number of ether oxygens (including phenoxy) is 1. The van der Waals surface area contributed by atoms with Gasteiger partial charge in [0.1, 0.15) is 11.6 Å². The molecule has 1 rings (SSSR count). The zero-order valence-electron chi connectivity index (χ0n) is 10.1. The van der Waals surface area contributed by atoms with E-state index in [1.807, 2.05) is 0 Å². The molecule has 0 heterocycles. The summed E-state index contributed by atoms with van der Waals surface area (Å²) in [4.78, 5) is 12.3. The number of hydrogen-bond acceptors (Lipinski definition) is 3. The largest absolute Gasteiger partial charge is 0.495 e. The third kappa shape index (κ3) is 3.34. The van der Waals surface area contributed by atoms with Crippen molar-refractivity contribution >= 4 is 11.7 Å². The van der Waals surface area contributed by atoms with Gasteiger partial charge in [-0.2, -0.15) is 0 Å². The van der Waals surface area contributed by atoms with Gasteiger partial charge >= 0.3 is 5.97 Å². The number of nitrogens with zero attached hydrogens (tertiary/aromatic N) is 1. The van der Waals surface area contributed by atoms with Gasteiger partial charge in [-0.25, -0.2) is 4.39 Å². The number of carboxylic acids is 1. The molecule has 5 heteroatoms. The van der Waals surface area contributed by atoms with Crippen LogP contribution < -0.4 is 9.64 Å². The van der Waals surface area contributed by atoms with Crippen LogP contribution in [0.25, 0.3) is 0 Å². The Balaban J connectivity index is 2.97. The summed E-state index contributed by atoms with van der Waals surface area (Å²) < 4.78 is 18.3. The molecule has 0 bridgehead atoms. The molecule has 1 aromatic carbocycles. The topological polar surface area (TPSA) is 49.8 Å². The maximum absolute atomic E-state index is 13.2. The second kappa shape index (κ2) is 5.52. The fourth-order valence-electron chi connectivity index (χ4n) is 1.57. The van der Waals surface area contributed by atoms with Crippen LogP contribution >= 0.6 is 0 Å². The third-order valence-electron chi connectivity index (χ3n) is 2.65. The fourth-order valence-corrected chi connectivity index (χ4v) is 1.57. The Morgan fingerprint density at radius 3 is 2.76 bits per heavy atom. The molecular formula is C12H16FNO3. The number of carboxylic acid groups (broad SMARTS) is 1. The summed E-state index contributed by atoms with van der Waals surface area (Å²) >= 11 is 0. The van der Waals surface area contributed by atoms with E-state index in [1.54, 1.807) is 18.9 Å². The van der Waals surface area contributed by atoms with Gasteiger partial charge in [-0.1, -0.05) is 0 Å². The van der Waals surface area contributed by atoms with Gasteiger partial charge in [0.05, 0.1) is 19.2 Å². The third-order valence-corrected chi connectivity index (χ3v) is 2.65. The molecule has 0 saturated heterocycles. The Bertz CT molecular complexity index is 409. The summed E-state index contributed by atoms with van der Waals surface area (Å²) in [7, 11) is 3.21. The van der Waals surface area contributed by atoms with Crippen LogP contribution in [0.2, 0.25) is 0 Å². The van der Waals surface area contributed by atoms with Crippen LogP contribution in [0.15, 0.2) is 18.2 Å². The molecule has 0 aliphatic rings. The van der Waals surface area contributed by atoms with Crippen LogP contribution in [0.1, 0.15) is 13.3 Å². The molecule has 1 atom stereocenters. The normalized spacial score (nSPS) is 12.0. The second-order valence-electron chi connectivity index (χ2n) is 3.87. The smallest absolute Gasteiger partial charge is 0.305 e. The van der Waals surface area contributed by atoms with E-state index in [1.165, 1.54) is 25.3 Å². The van der Waals surface area contributed by atoms with Crippen molar-refractivity contribution in [3.8, 4) is 5.75 Å². The van der Waals surface area contributed by atoms with Gasteiger partial charge in [0, 0.05) is 19.2 Å². The number of aliphatic carboxylic acids is 1. The molecule has 0 spiro atoms. The summed E-state index contributed by atoms with van der Waals surface area (Å²) in [5, 5.41) is 8.73. The van der Waals surface area contributed by atoms with E-state index in [0.29, 0.717) is 11.4 Å². The Morgan fingerprint density at radius 2 is 2.24 bits per heavy atom. The molecule has 0 radical (unpaired) electrons. The minimum Gasteiger partial charge on any atom is -0.495 e. The minimum atomic E-state index is -0.889. The first kappa shape index (κ1) is 13.3. The van der Waals surface area contributed by atoms with E-state index >= 15 is 0 Å². The Hall–Kier alpha value is -1.78. The highest BCUT2D eigenvalue weighted by Crippen LogP contribution is 2.29. The van der Waals surface area contributed by atoms with Crippen molar-refractivity contribution in [1.29, 1.82) is 0 Å². The maximum Gasteiger partial charge on any atom is 0.305 e. The Kier molecular flexibility index (Phi) is 4.31. The first-order valence-electron chi connectivity index (χ1n) is 5.24. The van der Waals surface area contributed by atoms with Crippen LogP contribution in [0, 0.1) is 5.82 Å². The molecule has 1 unspecified atom stereocenters. The number of anilines is 1. The van der Waals surface area contributed by atoms with Crippen molar-refractivity contribution in [3.05, 3.63) is 24.0 Å². The monoisotopic (exact) mass is 241 g/mol. The van der Waals surface area contributed by atoms with Crippen molar-refractivity contribution in [3.63, 3.8) is 0 Å². The molecule has 0 aliphatic heterocycles. The van der Waals surface area contributed by atoms with E-state index < -0.39 is 5.97 Å². The SMILES string of the molecule is COc1ccc(F)cc1N(C)C(C)CC(=O)O. The molecule has 0 fully saturated rings. The van der Waals surface area contributed by atoms with Gasteiger partial charge in [0.25, 0.3) is 0 Å². The lowest BCUT2D eigenvalue weighted by atomic mass is 10.1. The zero-order chi connectivity index (χ0) is 13.0. The molecule has 0 aromatic heterocycles. The predicted octanol–water partition coefficient (Wildman–Crippen LogP) is 2.13. The minimum absolute atomic E-state index is 0.0177. The van der Waals surface area contributed by atoms with Crippen molar-refractivity contribution in [2.45, 2.75) is 19.4 Å². The van der Waals surface area contributed by atoms with Crippen LogP contribution in [0.3, 0.4) is 0 Å². The van der Waals surface area contributed by atoms with E-state index in [2.05, 4.69) is 0 Å². The lowest BCUT2D eigenvalue weighted by molar-refractivity contribution is -0.137. The summed E-state index contributed by atoms with van der Waals surface area (Å²) in [5.41, 5.74) is 0.543. The van der Waals surface area contributed by atoms with E-state index in [9.17, 15) is 9.18 Å². The lowest BCUT2D eigenvalue weighted by Crippen LogP contribution is -2.31. The van der Waals surface area contributed by atoms with Gasteiger partial charge in [-0.05, 0) is 19.1 Å². The first-order valence-corrected chi connectivity index (χ1v) is 5.24. The highest BCUT2D eigenvalue weighted by Gasteiger charge is 2.17. The predicted molar refractivity (Wildman–Crippen MR) is 63.1 cm³/mol. The average molecular weight is 241 g/mol. The van der Waals surface area contributed by atoms with Crippen molar-refractivity contribution < 1.29 is 19.0 Å². The van der Waals surface area contributed by atoms with E-state index in [4.69, 9.17) is 9.84 Å². The molecule has 94 valence electrons. The number of rotatable bonds is 5. The number of carbonyl (C=O) groups is 1. The average Bonchev–Trinajstić information content (AvgIpc) is 2.27. The fraction of sp³-hybridized carbons (Fsp3) is 0.417. The standard InChI is InChI=1S/C12H16FNO3/c1-8(6-12(15)16)14(2)10-7-9(13)4-5-11(10)17-3/h4-5,7-8H,6H2,1-3H3,(H,15,16). The molecule has 0 aliphatic carbocycles. The van der Waals surface area contributed by atoms with Crippen molar-refractivity contribution in [1.82, 2.24) is 0 Å². The maximum atomic E-state index is 13.2. The number of halogens is 1. The van der Waals surface area contributed by atoms with Gasteiger partial charge in [-0.15, -0.1) is 0 Å². The zero-order valence-corrected chi connectivity index (χ0v) is 10.1. The lowest BCUT2D eigenvalue weighted by Gasteiger charge is -2.27. The molecule has 0 amide bonds. The number of methoxy groups -OCH3 is 1. The van der Waals surface area contributed by atoms with Crippen molar-refractivity contribution in [2.24, 2.45) is 0 Å². The molecule has 0 saturated carbocycles. The van der Waals surface area contributed by atoms with Crippen LogP contribution in [0.4, 0.5) is 10.1 Å². The second-order valence-corrected chi connectivity index (χ2v) is 3.87. The van der Waals surface area contributed by atoms with Gasteiger partial charge in [-0.3, -0.25) is 4.79 Å². The van der Waals surface area contributed by atoms with Crippen LogP contribution in [-0.4, -0.2) is 31.3 Å². The molecule has 1 N–H and O–H groups in total. The summed E-state index contributed by atoms with van der Waals surface area (Å²) in [6.45, 7) is 1.76. The number of benzene rings is 1. The highest BCUT2D eigenvalue weighted by molar-refractivity contribution is 5.69. The molecule has 17 heavy (non-hydrogen) atoms. The van der Waals surface area contributed by atoms with Gasteiger partial charge in [0.15, 0.2) is 0 Å². The van der Waals surface area contributed by atoms with Crippen LogP contribution in [-0.2, 0) is 4.79 Å². The molecule has 4 nitrogen and oxygen atoms in total. The molecule has 1 aromatic rings. The summed E-state index contributed by atoms with van der Waals surface area (Å²) in [6, 6.07) is 3.91.